The van der Waals surface area contributed by atoms with Gasteiger partial charge in [0.05, 0.1) is 47.1 Å². The zero-order valence-corrected chi connectivity index (χ0v) is 17.5. The van der Waals surface area contributed by atoms with Crippen LogP contribution in [0.25, 0.3) is 22.3 Å². The van der Waals surface area contributed by atoms with Gasteiger partial charge in [-0.1, -0.05) is 25.4 Å². The monoisotopic (exact) mass is 387 g/mol. The molecule has 0 aromatic carbocycles. The van der Waals surface area contributed by atoms with Crippen LogP contribution in [-0.2, 0) is 4.74 Å². The first-order valence-corrected chi connectivity index (χ1v) is 9.47. The summed E-state index contributed by atoms with van der Waals surface area (Å²) in [6, 6.07) is 6.15. The topological polar surface area (TPSA) is 49.2 Å². The van der Waals surface area contributed by atoms with Gasteiger partial charge in [-0.05, 0) is 43.5 Å². The third kappa shape index (κ3) is 3.66. The van der Waals surface area contributed by atoms with Gasteiger partial charge in [0.2, 0.25) is 5.88 Å². The molecule has 3 rings (SSSR count). The Morgan fingerprint density at radius 1 is 1.15 bits per heavy atom. The molecule has 27 heavy (non-hydrogen) atoms. The molecule has 144 valence electrons. The average molecular weight is 388 g/mol. The van der Waals surface area contributed by atoms with Crippen LogP contribution >= 0.6 is 11.6 Å². The fourth-order valence-corrected chi connectivity index (χ4v) is 3.54. The molecule has 0 aliphatic carbocycles. The van der Waals surface area contributed by atoms with Gasteiger partial charge in [0.25, 0.3) is 0 Å². The van der Waals surface area contributed by atoms with Crippen molar-refractivity contribution >= 4 is 22.6 Å². The van der Waals surface area contributed by atoms with Crippen LogP contribution < -0.4 is 4.74 Å². The van der Waals surface area contributed by atoms with Crippen molar-refractivity contribution in [3.05, 3.63) is 40.7 Å². The molecule has 0 saturated carbocycles. The number of aromatic nitrogens is 3. The average Bonchev–Trinajstić information content (AvgIpc) is 2.96. The van der Waals surface area contributed by atoms with Crippen molar-refractivity contribution in [1.29, 1.82) is 0 Å². The van der Waals surface area contributed by atoms with Gasteiger partial charge in [-0.15, -0.1) is 0 Å². The van der Waals surface area contributed by atoms with E-state index in [9.17, 15) is 0 Å². The van der Waals surface area contributed by atoms with Crippen LogP contribution in [0.4, 0.5) is 0 Å². The van der Waals surface area contributed by atoms with Gasteiger partial charge in [0, 0.05) is 19.0 Å². The number of aryl methyl sites for hydroxylation is 1. The van der Waals surface area contributed by atoms with E-state index in [-0.39, 0.29) is 6.04 Å². The molecular formula is C21H26ClN3O2. The first-order valence-electron chi connectivity index (χ1n) is 9.09. The molecule has 5 nitrogen and oxygen atoms in total. The van der Waals surface area contributed by atoms with Gasteiger partial charge < -0.3 is 14.0 Å². The number of rotatable bonds is 6. The van der Waals surface area contributed by atoms with Gasteiger partial charge in [0.1, 0.15) is 0 Å². The number of hydrogen-bond acceptors (Lipinski definition) is 4. The lowest BCUT2D eigenvalue weighted by Crippen LogP contribution is -2.09. The van der Waals surface area contributed by atoms with Crippen molar-refractivity contribution in [2.75, 3.05) is 20.8 Å². The molecular weight excluding hydrogens is 362 g/mol. The maximum absolute atomic E-state index is 6.64. The van der Waals surface area contributed by atoms with E-state index in [1.54, 1.807) is 14.2 Å². The van der Waals surface area contributed by atoms with E-state index in [1.807, 2.05) is 18.2 Å². The lowest BCUT2D eigenvalue weighted by molar-refractivity contribution is 0.164. The van der Waals surface area contributed by atoms with Crippen LogP contribution in [0.3, 0.4) is 0 Å². The lowest BCUT2D eigenvalue weighted by atomic mass is 10.1. The lowest BCUT2D eigenvalue weighted by Gasteiger charge is -2.15. The predicted molar refractivity (Wildman–Crippen MR) is 110 cm³/mol. The standard InChI is InChI=1S/C21H26ClN3O2/c1-12(2)17-8-7-15(21(23-17)27-6)20-16(22)9-18-19(24-20)13(3)10-25(18)14(4)11-26-5/h7-10,12,14H,11H2,1-6H3. The molecule has 0 radical (unpaired) electrons. The summed E-state index contributed by atoms with van der Waals surface area (Å²) in [7, 11) is 3.33. The molecule has 0 bridgehead atoms. The summed E-state index contributed by atoms with van der Waals surface area (Å²) < 4.78 is 13.0. The molecule has 3 aromatic heterocycles. The second-order valence-electron chi connectivity index (χ2n) is 7.16. The quantitative estimate of drug-likeness (QED) is 0.568. The van der Waals surface area contributed by atoms with Crippen molar-refractivity contribution in [3.63, 3.8) is 0 Å². The molecule has 0 fully saturated rings. The Morgan fingerprint density at radius 3 is 2.52 bits per heavy atom. The summed E-state index contributed by atoms with van der Waals surface area (Å²) in [4.78, 5) is 9.50. The minimum Gasteiger partial charge on any atom is -0.480 e. The van der Waals surface area contributed by atoms with Crippen molar-refractivity contribution in [1.82, 2.24) is 14.5 Å². The van der Waals surface area contributed by atoms with Crippen molar-refractivity contribution in [3.8, 4) is 17.1 Å². The smallest absolute Gasteiger partial charge is 0.222 e. The molecule has 0 aliphatic heterocycles. The Morgan fingerprint density at radius 2 is 1.89 bits per heavy atom. The third-order valence-electron chi connectivity index (χ3n) is 4.74. The minimum atomic E-state index is 0.191. The molecule has 3 aromatic rings. The molecule has 3 heterocycles. The molecule has 6 heteroatoms. The normalized spacial score (nSPS) is 12.7. The number of halogens is 1. The maximum atomic E-state index is 6.64. The van der Waals surface area contributed by atoms with E-state index in [1.165, 1.54) is 0 Å². The Labute approximate surface area is 165 Å². The van der Waals surface area contributed by atoms with Crippen LogP contribution in [0.15, 0.2) is 24.4 Å². The van der Waals surface area contributed by atoms with Gasteiger partial charge in [-0.3, -0.25) is 0 Å². The zero-order valence-electron chi connectivity index (χ0n) is 16.7. The highest BCUT2D eigenvalue weighted by Gasteiger charge is 2.19. The van der Waals surface area contributed by atoms with Crippen molar-refractivity contribution in [2.24, 2.45) is 0 Å². The summed E-state index contributed by atoms with van der Waals surface area (Å²) in [5.41, 5.74) is 5.47. The molecule has 0 spiro atoms. The number of hydrogen-bond donors (Lipinski definition) is 0. The number of pyridine rings is 2. The predicted octanol–water partition coefficient (Wildman–Crippen LogP) is 5.40. The van der Waals surface area contributed by atoms with Crippen LogP contribution in [0, 0.1) is 6.92 Å². The van der Waals surface area contributed by atoms with E-state index >= 15 is 0 Å². The zero-order chi connectivity index (χ0) is 19.7. The summed E-state index contributed by atoms with van der Waals surface area (Å²) in [5.74, 6) is 0.859. The second-order valence-corrected chi connectivity index (χ2v) is 7.57. The van der Waals surface area contributed by atoms with Gasteiger partial charge in [-0.2, -0.15) is 0 Å². The fourth-order valence-electron chi connectivity index (χ4n) is 3.29. The second kappa shape index (κ2) is 7.87. The van der Waals surface area contributed by atoms with Crippen LogP contribution in [0.5, 0.6) is 5.88 Å². The third-order valence-corrected chi connectivity index (χ3v) is 5.03. The summed E-state index contributed by atoms with van der Waals surface area (Å²) in [5, 5.41) is 0.573. The summed E-state index contributed by atoms with van der Waals surface area (Å²) >= 11 is 6.64. The SMILES string of the molecule is COCC(C)n1cc(C)c2nc(-c3ccc(C(C)C)nc3OC)c(Cl)cc21. The van der Waals surface area contributed by atoms with E-state index in [0.29, 0.717) is 29.1 Å². The largest absolute Gasteiger partial charge is 0.480 e. The first kappa shape index (κ1) is 19.6. The molecule has 1 atom stereocenters. The van der Waals surface area contributed by atoms with E-state index in [0.717, 1.165) is 27.9 Å². The van der Waals surface area contributed by atoms with Crippen LogP contribution in [0.2, 0.25) is 5.02 Å². The summed E-state index contributed by atoms with van der Waals surface area (Å²) in [6.45, 7) is 9.00. The molecule has 0 amide bonds. The number of ether oxygens (including phenoxy) is 2. The number of fused-ring (bicyclic) bond motifs is 1. The molecule has 0 N–H and O–H groups in total. The van der Waals surface area contributed by atoms with E-state index < -0.39 is 0 Å². The summed E-state index contributed by atoms with van der Waals surface area (Å²) in [6.07, 6.45) is 2.10. The number of methoxy groups -OCH3 is 2. The maximum Gasteiger partial charge on any atom is 0.222 e. The highest BCUT2D eigenvalue weighted by atomic mass is 35.5. The fraction of sp³-hybridized carbons (Fsp3) is 0.429. The first-order chi connectivity index (χ1) is 12.9. The Bertz CT molecular complexity index is 966. The van der Waals surface area contributed by atoms with Gasteiger partial charge >= 0.3 is 0 Å². The van der Waals surface area contributed by atoms with Crippen LogP contribution in [-0.4, -0.2) is 35.4 Å². The van der Waals surface area contributed by atoms with E-state index in [4.69, 9.17) is 26.1 Å². The highest BCUT2D eigenvalue weighted by molar-refractivity contribution is 6.33. The van der Waals surface area contributed by atoms with Crippen molar-refractivity contribution < 1.29 is 9.47 Å². The Hall–Kier alpha value is -2.11. The molecule has 1 unspecified atom stereocenters. The Kier molecular flexibility index (Phi) is 5.72. The molecule has 0 saturated heterocycles. The van der Waals surface area contributed by atoms with E-state index in [2.05, 4.69) is 43.4 Å². The van der Waals surface area contributed by atoms with Gasteiger partial charge in [-0.25, -0.2) is 9.97 Å². The van der Waals surface area contributed by atoms with Crippen LogP contribution in [0.1, 0.15) is 44.0 Å². The highest BCUT2D eigenvalue weighted by Crippen LogP contribution is 2.36. The molecule has 0 aliphatic rings. The van der Waals surface area contributed by atoms with Crippen molar-refractivity contribution in [2.45, 2.75) is 39.7 Å². The number of nitrogens with zero attached hydrogens (tertiary/aromatic N) is 3. The minimum absolute atomic E-state index is 0.191. The Balaban J connectivity index is 2.17. The van der Waals surface area contributed by atoms with Gasteiger partial charge in [0.15, 0.2) is 0 Å².